The summed E-state index contributed by atoms with van der Waals surface area (Å²) in [5, 5.41) is 6.11. The van der Waals surface area contributed by atoms with Crippen molar-refractivity contribution in [3.05, 3.63) is 23.8 Å². The number of esters is 1. The van der Waals surface area contributed by atoms with Gasteiger partial charge in [-0.1, -0.05) is 6.92 Å². The second-order valence-electron chi connectivity index (χ2n) is 5.74. The largest absolute Gasteiger partial charge is 0.465 e. The summed E-state index contributed by atoms with van der Waals surface area (Å²) in [5.74, 6) is -0.823. The molecule has 0 aromatic heterocycles. The quantitative estimate of drug-likeness (QED) is 0.582. The molecule has 1 aliphatic heterocycles. The van der Waals surface area contributed by atoms with Crippen LogP contribution in [0.1, 0.15) is 30.1 Å². The normalized spacial score (nSPS) is 17.5. The SMILES string of the molecule is CCN1CCC[C@H]1CNc1cc(C(=O)OC)ccc1NC(=O)CCl. The van der Waals surface area contributed by atoms with Crippen molar-refractivity contribution in [2.24, 2.45) is 0 Å². The van der Waals surface area contributed by atoms with Crippen LogP contribution in [0.3, 0.4) is 0 Å². The summed E-state index contributed by atoms with van der Waals surface area (Å²) in [6.07, 6.45) is 2.33. The van der Waals surface area contributed by atoms with Crippen LogP contribution in [0.2, 0.25) is 0 Å². The molecule has 0 aliphatic carbocycles. The van der Waals surface area contributed by atoms with E-state index in [2.05, 4.69) is 22.5 Å². The Morgan fingerprint density at radius 3 is 2.83 bits per heavy atom. The Morgan fingerprint density at radius 1 is 1.38 bits per heavy atom. The minimum Gasteiger partial charge on any atom is -0.465 e. The van der Waals surface area contributed by atoms with E-state index in [-0.39, 0.29) is 11.8 Å². The van der Waals surface area contributed by atoms with Crippen molar-refractivity contribution in [3.8, 4) is 0 Å². The molecule has 1 heterocycles. The maximum atomic E-state index is 11.7. The van der Waals surface area contributed by atoms with Crippen LogP contribution >= 0.6 is 11.6 Å². The van der Waals surface area contributed by atoms with Crippen LogP contribution in [0.15, 0.2) is 18.2 Å². The zero-order valence-corrected chi connectivity index (χ0v) is 14.9. The lowest BCUT2D eigenvalue weighted by atomic mass is 10.1. The maximum absolute atomic E-state index is 11.7. The number of alkyl halides is 1. The second kappa shape index (κ2) is 8.89. The van der Waals surface area contributed by atoms with Gasteiger partial charge in [0.1, 0.15) is 5.88 Å². The maximum Gasteiger partial charge on any atom is 0.337 e. The van der Waals surface area contributed by atoms with E-state index < -0.39 is 5.97 Å². The van der Waals surface area contributed by atoms with E-state index in [1.165, 1.54) is 13.5 Å². The lowest BCUT2D eigenvalue weighted by molar-refractivity contribution is -0.113. The zero-order valence-electron chi connectivity index (χ0n) is 14.1. The summed E-state index contributed by atoms with van der Waals surface area (Å²) < 4.78 is 4.76. The molecule has 1 aliphatic rings. The van der Waals surface area contributed by atoms with Crippen LogP contribution in [-0.4, -0.2) is 55.4 Å². The Labute approximate surface area is 147 Å². The highest BCUT2D eigenvalue weighted by atomic mass is 35.5. The van der Waals surface area contributed by atoms with Crippen LogP contribution in [0.4, 0.5) is 11.4 Å². The van der Waals surface area contributed by atoms with E-state index in [4.69, 9.17) is 16.3 Å². The van der Waals surface area contributed by atoms with Crippen LogP contribution in [-0.2, 0) is 9.53 Å². The fraction of sp³-hybridized carbons (Fsp3) is 0.529. The van der Waals surface area contributed by atoms with Gasteiger partial charge in [0.05, 0.1) is 24.0 Å². The van der Waals surface area contributed by atoms with Crippen LogP contribution in [0, 0.1) is 0 Å². The molecule has 1 saturated heterocycles. The van der Waals surface area contributed by atoms with Gasteiger partial charge in [0.2, 0.25) is 5.91 Å². The Hall–Kier alpha value is -1.79. The van der Waals surface area contributed by atoms with Gasteiger partial charge < -0.3 is 15.4 Å². The van der Waals surface area contributed by atoms with Crippen molar-refractivity contribution in [1.29, 1.82) is 0 Å². The number of benzene rings is 1. The van der Waals surface area contributed by atoms with Crippen molar-refractivity contribution >= 4 is 34.9 Å². The third-order valence-corrected chi connectivity index (χ3v) is 4.51. The third kappa shape index (κ3) is 4.61. The number of nitrogens with zero attached hydrogens (tertiary/aromatic N) is 1. The summed E-state index contributed by atoms with van der Waals surface area (Å²) in [6.45, 7) is 5.04. The molecule has 6 nitrogen and oxygen atoms in total. The Morgan fingerprint density at radius 2 is 2.17 bits per heavy atom. The number of likely N-dealkylation sites (tertiary alicyclic amines) is 1. The number of halogens is 1. The lowest BCUT2D eigenvalue weighted by Crippen LogP contribution is -2.34. The van der Waals surface area contributed by atoms with Crippen LogP contribution in [0.5, 0.6) is 0 Å². The molecule has 2 rings (SSSR count). The van der Waals surface area contributed by atoms with Gasteiger partial charge >= 0.3 is 5.97 Å². The minimum atomic E-state index is -0.413. The highest BCUT2D eigenvalue weighted by Gasteiger charge is 2.23. The number of rotatable bonds is 7. The minimum absolute atomic E-state index is 0.121. The molecule has 1 atom stereocenters. The van der Waals surface area contributed by atoms with E-state index in [0.29, 0.717) is 23.0 Å². The van der Waals surface area contributed by atoms with Crippen molar-refractivity contribution in [2.75, 3.05) is 43.3 Å². The highest BCUT2D eigenvalue weighted by Crippen LogP contribution is 2.25. The van der Waals surface area contributed by atoms with Crippen molar-refractivity contribution in [2.45, 2.75) is 25.8 Å². The second-order valence-corrected chi connectivity index (χ2v) is 6.01. The first-order chi connectivity index (χ1) is 11.6. The number of methoxy groups -OCH3 is 1. The fourth-order valence-electron chi connectivity index (χ4n) is 3.00. The van der Waals surface area contributed by atoms with Crippen molar-refractivity contribution in [1.82, 2.24) is 4.90 Å². The molecule has 0 radical (unpaired) electrons. The number of hydrogen-bond acceptors (Lipinski definition) is 5. The van der Waals surface area contributed by atoms with Crippen molar-refractivity contribution < 1.29 is 14.3 Å². The van der Waals surface area contributed by atoms with Gasteiger partial charge in [0.25, 0.3) is 0 Å². The molecule has 7 heteroatoms. The molecule has 1 aromatic rings. The first-order valence-corrected chi connectivity index (χ1v) is 8.68. The van der Waals surface area contributed by atoms with E-state index in [9.17, 15) is 9.59 Å². The average molecular weight is 354 g/mol. The van der Waals surface area contributed by atoms with Crippen LogP contribution < -0.4 is 10.6 Å². The number of hydrogen-bond donors (Lipinski definition) is 2. The number of nitrogens with one attached hydrogen (secondary N) is 2. The molecule has 0 spiro atoms. The van der Waals surface area contributed by atoms with Gasteiger partial charge in [-0.05, 0) is 44.1 Å². The number of carbonyl (C=O) groups excluding carboxylic acids is 2. The topological polar surface area (TPSA) is 70.7 Å². The summed E-state index contributed by atoms with van der Waals surface area (Å²) >= 11 is 5.56. The van der Waals surface area contributed by atoms with Gasteiger partial charge in [-0.25, -0.2) is 4.79 Å². The monoisotopic (exact) mass is 353 g/mol. The highest BCUT2D eigenvalue weighted by molar-refractivity contribution is 6.29. The Balaban J connectivity index is 2.16. The summed E-state index contributed by atoms with van der Waals surface area (Å²) in [4.78, 5) is 25.8. The smallest absolute Gasteiger partial charge is 0.337 e. The number of anilines is 2. The van der Waals surface area contributed by atoms with Crippen LogP contribution in [0.25, 0.3) is 0 Å². The molecule has 1 amide bonds. The number of ether oxygens (including phenoxy) is 1. The van der Waals surface area contributed by atoms with E-state index >= 15 is 0 Å². The summed E-state index contributed by atoms with van der Waals surface area (Å²) in [6, 6.07) is 5.45. The van der Waals surface area contributed by atoms with Gasteiger partial charge in [0, 0.05) is 12.6 Å². The molecule has 0 bridgehead atoms. The van der Waals surface area contributed by atoms with Crippen molar-refractivity contribution in [3.63, 3.8) is 0 Å². The van der Waals surface area contributed by atoms with Gasteiger partial charge in [0.15, 0.2) is 0 Å². The molecular weight excluding hydrogens is 330 g/mol. The average Bonchev–Trinajstić information content (AvgIpc) is 3.07. The van der Waals surface area contributed by atoms with E-state index in [0.717, 1.165) is 26.1 Å². The third-order valence-electron chi connectivity index (χ3n) is 4.27. The summed E-state index contributed by atoms with van der Waals surface area (Å²) in [5.41, 5.74) is 1.73. The van der Waals surface area contributed by atoms with E-state index in [1.807, 2.05) is 0 Å². The predicted octanol–water partition coefficient (Wildman–Crippen LogP) is 2.55. The fourth-order valence-corrected chi connectivity index (χ4v) is 3.07. The molecule has 132 valence electrons. The molecular formula is C17H24ClN3O3. The first-order valence-electron chi connectivity index (χ1n) is 8.15. The molecule has 2 N–H and O–H groups in total. The number of likely N-dealkylation sites (N-methyl/N-ethyl adjacent to an activating group) is 1. The Kier molecular flexibility index (Phi) is 6.87. The zero-order chi connectivity index (χ0) is 17.5. The molecule has 24 heavy (non-hydrogen) atoms. The van der Waals surface area contributed by atoms with Gasteiger partial charge in [-0.2, -0.15) is 0 Å². The van der Waals surface area contributed by atoms with Gasteiger partial charge in [-0.3, -0.25) is 9.69 Å². The Bertz CT molecular complexity index is 594. The molecule has 1 fully saturated rings. The summed E-state index contributed by atoms with van der Waals surface area (Å²) in [7, 11) is 1.34. The first kappa shape index (κ1) is 18.5. The molecule has 0 unspecified atom stereocenters. The molecule has 0 saturated carbocycles. The van der Waals surface area contributed by atoms with E-state index in [1.54, 1.807) is 18.2 Å². The molecule has 1 aromatic carbocycles. The standard InChI is InChI=1S/C17H24ClN3O3/c1-3-21-8-4-5-13(21)11-19-15-9-12(17(23)24-2)6-7-14(15)20-16(22)10-18/h6-7,9,13,19H,3-5,8,10-11H2,1-2H3,(H,20,22)/t13-/m0/s1. The lowest BCUT2D eigenvalue weighted by Gasteiger charge is -2.24. The number of carbonyl (C=O) groups is 2. The predicted molar refractivity (Wildman–Crippen MR) is 95.9 cm³/mol. The number of amides is 1. The van der Waals surface area contributed by atoms with Gasteiger partial charge in [-0.15, -0.1) is 11.6 Å².